The molecule has 0 aliphatic carbocycles. The Morgan fingerprint density at radius 1 is 1.24 bits per heavy atom. The van der Waals surface area contributed by atoms with Crippen LogP contribution >= 0.6 is 0 Å². The van der Waals surface area contributed by atoms with Crippen LogP contribution in [0.15, 0.2) is 24.3 Å². The van der Waals surface area contributed by atoms with Crippen LogP contribution in [0.3, 0.4) is 0 Å². The highest BCUT2D eigenvalue weighted by Gasteiger charge is 2.32. The first-order valence-corrected chi connectivity index (χ1v) is 7.54. The number of nitrogens with zero attached hydrogens (tertiary/aromatic N) is 1. The molecule has 0 aromatic heterocycles. The molecule has 0 bridgehead atoms. The third-order valence-electron chi connectivity index (χ3n) is 4.21. The second-order valence-electron chi connectivity index (χ2n) is 5.75. The van der Waals surface area contributed by atoms with Crippen molar-refractivity contribution in [2.75, 3.05) is 20.1 Å². The van der Waals surface area contributed by atoms with Crippen molar-refractivity contribution < 1.29 is 13.2 Å². The summed E-state index contributed by atoms with van der Waals surface area (Å²) in [5.41, 5.74) is -0.214. The number of likely N-dealkylation sites (tertiary alicyclic amines) is 1. The number of halogens is 3. The van der Waals surface area contributed by atoms with Gasteiger partial charge in [0.2, 0.25) is 0 Å². The van der Waals surface area contributed by atoms with Gasteiger partial charge in [-0.05, 0) is 51.0 Å². The van der Waals surface area contributed by atoms with Crippen LogP contribution in [-0.4, -0.2) is 31.1 Å². The van der Waals surface area contributed by atoms with E-state index in [1.165, 1.54) is 25.3 Å². The third kappa shape index (κ3) is 4.71. The zero-order valence-electron chi connectivity index (χ0n) is 12.4. The Labute approximate surface area is 124 Å². The van der Waals surface area contributed by atoms with E-state index in [1.807, 2.05) is 0 Å². The summed E-state index contributed by atoms with van der Waals surface area (Å²) < 4.78 is 38.6. The molecule has 1 fully saturated rings. The summed E-state index contributed by atoms with van der Waals surface area (Å²) in [6, 6.07) is 6.34. The Hall–Kier alpha value is -1.07. The minimum atomic E-state index is -4.28. The fraction of sp³-hybridized carbons (Fsp3) is 0.625. The smallest absolute Gasteiger partial charge is 0.313 e. The highest BCUT2D eigenvalue weighted by atomic mass is 19.4. The summed E-state index contributed by atoms with van der Waals surface area (Å²) in [4.78, 5) is 2.36. The van der Waals surface area contributed by atoms with Gasteiger partial charge in [-0.25, -0.2) is 0 Å². The van der Waals surface area contributed by atoms with Crippen LogP contribution in [-0.2, 0) is 12.7 Å². The summed E-state index contributed by atoms with van der Waals surface area (Å²) >= 11 is 0. The lowest BCUT2D eigenvalue weighted by molar-refractivity contribution is -0.138. The maximum absolute atomic E-state index is 12.9. The Bertz CT molecular complexity index is 445. The third-order valence-corrected chi connectivity index (χ3v) is 4.21. The molecule has 1 N–H and O–H groups in total. The van der Waals surface area contributed by atoms with Gasteiger partial charge in [0, 0.05) is 12.6 Å². The number of rotatable bonds is 5. The minimum absolute atomic E-state index is 0.270. The van der Waals surface area contributed by atoms with Gasteiger partial charge >= 0.3 is 6.18 Å². The molecule has 1 aromatic carbocycles. The summed E-state index contributed by atoms with van der Waals surface area (Å²) in [5, 5.41) is 3.16. The van der Waals surface area contributed by atoms with Crippen LogP contribution in [0, 0.1) is 0 Å². The van der Waals surface area contributed by atoms with Crippen LogP contribution < -0.4 is 5.32 Å². The van der Waals surface area contributed by atoms with Crippen molar-refractivity contribution in [2.24, 2.45) is 0 Å². The topological polar surface area (TPSA) is 15.3 Å². The van der Waals surface area contributed by atoms with E-state index in [1.54, 1.807) is 12.1 Å². The molecule has 1 aliphatic heterocycles. The highest BCUT2D eigenvalue weighted by Crippen LogP contribution is 2.31. The molecule has 1 aliphatic rings. The number of nitrogens with one attached hydrogen (secondary N) is 1. The first-order valence-electron chi connectivity index (χ1n) is 7.54. The zero-order valence-corrected chi connectivity index (χ0v) is 12.4. The van der Waals surface area contributed by atoms with Gasteiger partial charge < -0.3 is 10.2 Å². The van der Waals surface area contributed by atoms with E-state index in [-0.39, 0.29) is 6.54 Å². The minimum Gasteiger partial charge on any atom is -0.313 e. The summed E-state index contributed by atoms with van der Waals surface area (Å²) in [6.45, 7) is 2.15. The van der Waals surface area contributed by atoms with Crippen LogP contribution in [0.2, 0.25) is 0 Å². The average Bonchev–Trinajstić information content (AvgIpc) is 2.45. The first-order chi connectivity index (χ1) is 9.98. The van der Waals surface area contributed by atoms with E-state index in [9.17, 15) is 13.2 Å². The second-order valence-corrected chi connectivity index (χ2v) is 5.75. The van der Waals surface area contributed by atoms with E-state index >= 15 is 0 Å². The zero-order chi connectivity index (χ0) is 15.3. The van der Waals surface area contributed by atoms with E-state index in [4.69, 9.17) is 0 Å². The number of benzene rings is 1. The van der Waals surface area contributed by atoms with Crippen LogP contribution in [0.1, 0.15) is 36.8 Å². The quantitative estimate of drug-likeness (QED) is 0.835. The van der Waals surface area contributed by atoms with E-state index in [0.29, 0.717) is 11.6 Å². The Balaban J connectivity index is 1.81. The van der Waals surface area contributed by atoms with E-state index < -0.39 is 11.7 Å². The van der Waals surface area contributed by atoms with Gasteiger partial charge in [0.05, 0.1) is 5.56 Å². The fourth-order valence-electron chi connectivity index (χ4n) is 2.95. The largest absolute Gasteiger partial charge is 0.416 e. The lowest BCUT2D eigenvalue weighted by Gasteiger charge is -2.32. The van der Waals surface area contributed by atoms with Crippen molar-refractivity contribution in [3.05, 3.63) is 35.4 Å². The highest BCUT2D eigenvalue weighted by molar-refractivity contribution is 5.29. The molecule has 1 atom stereocenters. The monoisotopic (exact) mass is 300 g/mol. The molecule has 2 rings (SSSR count). The maximum Gasteiger partial charge on any atom is 0.416 e. The van der Waals surface area contributed by atoms with E-state index in [0.717, 1.165) is 25.6 Å². The predicted octanol–water partition coefficient (Wildman–Crippen LogP) is 3.67. The predicted molar refractivity (Wildman–Crippen MR) is 78.0 cm³/mol. The second kappa shape index (κ2) is 7.27. The lowest BCUT2D eigenvalue weighted by atomic mass is 10.00. The Kier molecular flexibility index (Phi) is 5.65. The maximum atomic E-state index is 12.9. The SMILES string of the molecule is CN1CCCCC1CCNCc1ccccc1C(F)(F)F. The van der Waals surface area contributed by atoms with Gasteiger partial charge in [-0.3, -0.25) is 0 Å². The molecule has 118 valence electrons. The van der Waals surface area contributed by atoms with Gasteiger partial charge in [0.25, 0.3) is 0 Å². The Morgan fingerprint density at radius 3 is 2.71 bits per heavy atom. The van der Waals surface area contributed by atoms with Gasteiger partial charge in [-0.15, -0.1) is 0 Å². The molecule has 0 radical (unpaired) electrons. The first kappa shape index (κ1) is 16.3. The molecule has 5 heteroatoms. The van der Waals surface area contributed by atoms with Crippen molar-refractivity contribution in [1.82, 2.24) is 10.2 Å². The number of hydrogen-bond acceptors (Lipinski definition) is 2. The van der Waals surface area contributed by atoms with Gasteiger partial charge in [0.15, 0.2) is 0 Å². The molecule has 1 unspecified atom stereocenters. The van der Waals surface area contributed by atoms with Gasteiger partial charge in [-0.1, -0.05) is 24.6 Å². The van der Waals surface area contributed by atoms with Crippen molar-refractivity contribution in [3.63, 3.8) is 0 Å². The average molecular weight is 300 g/mol. The van der Waals surface area contributed by atoms with Crippen LogP contribution in [0.25, 0.3) is 0 Å². The number of piperidine rings is 1. The van der Waals surface area contributed by atoms with Crippen molar-refractivity contribution in [2.45, 2.75) is 44.4 Å². The lowest BCUT2D eigenvalue weighted by Crippen LogP contribution is -2.38. The summed E-state index contributed by atoms with van der Waals surface area (Å²) in [5.74, 6) is 0. The van der Waals surface area contributed by atoms with Crippen molar-refractivity contribution in [1.29, 1.82) is 0 Å². The van der Waals surface area contributed by atoms with Crippen molar-refractivity contribution in [3.8, 4) is 0 Å². The molecule has 0 spiro atoms. The molecule has 21 heavy (non-hydrogen) atoms. The molecule has 1 heterocycles. The fourth-order valence-corrected chi connectivity index (χ4v) is 2.95. The Morgan fingerprint density at radius 2 is 2.00 bits per heavy atom. The van der Waals surface area contributed by atoms with Crippen LogP contribution in [0.4, 0.5) is 13.2 Å². The molecule has 1 aromatic rings. The standard InChI is InChI=1S/C16H23F3N2/c1-21-11-5-4-7-14(21)9-10-20-12-13-6-2-3-8-15(13)16(17,18)19/h2-3,6,8,14,20H,4-5,7,9-12H2,1H3. The molecule has 0 saturated carbocycles. The van der Waals surface area contributed by atoms with Crippen LogP contribution in [0.5, 0.6) is 0 Å². The summed E-state index contributed by atoms with van der Waals surface area (Å²) in [7, 11) is 2.13. The normalized spacial score (nSPS) is 20.7. The molecular weight excluding hydrogens is 277 g/mol. The molecular formula is C16H23F3N2. The van der Waals surface area contributed by atoms with E-state index in [2.05, 4.69) is 17.3 Å². The number of alkyl halides is 3. The van der Waals surface area contributed by atoms with Crippen molar-refractivity contribution >= 4 is 0 Å². The molecule has 0 amide bonds. The molecule has 1 saturated heterocycles. The number of hydrogen-bond donors (Lipinski definition) is 1. The van der Waals surface area contributed by atoms with Gasteiger partial charge in [-0.2, -0.15) is 13.2 Å². The van der Waals surface area contributed by atoms with Gasteiger partial charge in [0.1, 0.15) is 0 Å². The molecule has 2 nitrogen and oxygen atoms in total. The summed E-state index contributed by atoms with van der Waals surface area (Å²) in [6.07, 6.45) is 0.412.